The number of carboxylic acid groups (broad SMARTS) is 4. The maximum absolute atomic E-state index is 9.55. The molecular formula is C27H29Cl3N2O8S. The molecule has 1 aliphatic heterocycles. The van der Waals surface area contributed by atoms with Gasteiger partial charge < -0.3 is 25.3 Å². The predicted molar refractivity (Wildman–Crippen MR) is 158 cm³/mol. The number of nitrogens with zero attached hydrogens (tertiary/aromatic N) is 2. The zero-order valence-electron chi connectivity index (χ0n) is 22.0. The molecule has 222 valence electrons. The summed E-state index contributed by atoms with van der Waals surface area (Å²) in [5.41, 5.74) is 1.23. The van der Waals surface area contributed by atoms with Gasteiger partial charge in [0.2, 0.25) is 0 Å². The Kier molecular flexibility index (Phi) is 16.1. The lowest BCUT2D eigenvalue weighted by Gasteiger charge is -2.37. The Hall–Kier alpha value is -3.06. The second-order valence-electron chi connectivity index (χ2n) is 8.39. The van der Waals surface area contributed by atoms with Crippen molar-refractivity contribution >= 4 is 70.4 Å². The van der Waals surface area contributed by atoms with Gasteiger partial charge in [-0.3, -0.25) is 4.90 Å². The third-order valence-corrected chi connectivity index (χ3v) is 7.42. The van der Waals surface area contributed by atoms with E-state index in [1.54, 1.807) is 11.8 Å². The smallest absolute Gasteiger partial charge is 0.328 e. The molecule has 1 heterocycles. The summed E-state index contributed by atoms with van der Waals surface area (Å²) in [7, 11) is 2.17. The monoisotopic (exact) mass is 646 g/mol. The van der Waals surface area contributed by atoms with Crippen LogP contribution in [0.15, 0.2) is 70.5 Å². The van der Waals surface area contributed by atoms with Crippen molar-refractivity contribution in [2.45, 2.75) is 22.8 Å². The van der Waals surface area contributed by atoms with Crippen LogP contribution in [0.1, 0.15) is 18.5 Å². The van der Waals surface area contributed by atoms with Crippen molar-refractivity contribution in [3.63, 3.8) is 0 Å². The van der Waals surface area contributed by atoms with Gasteiger partial charge in [-0.15, -0.1) is 0 Å². The molecule has 14 heteroatoms. The van der Waals surface area contributed by atoms with E-state index in [1.807, 2.05) is 24.3 Å². The Bertz CT molecular complexity index is 1220. The molecule has 3 rings (SSSR count). The highest BCUT2D eigenvalue weighted by Gasteiger charge is 2.23. The maximum Gasteiger partial charge on any atom is 0.328 e. The molecule has 2 aromatic carbocycles. The first-order valence-electron chi connectivity index (χ1n) is 11.8. The highest BCUT2D eigenvalue weighted by molar-refractivity contribution is 7.99. The summed E-state index contributed by atoms with van der Waals surface area (Å²) in [6.45, 7) is 6.56. The molecule has 1 saturated heterocycles. The molecule has 0 saturated carbocycles. The van der Waals surface area contributed by atoms with Crippen LogP contribution in [0.2, 0.25) is 15.1 Å². The summed E-state index contributed by atoms with van der Waals surface area (Å²) in [5, 5.41) is 33.4. The van der Waals surface area contributed by atoms with E-state index in [0.29, 0.717) is 40.4 Å². The van der Waals surface area contributed by atoms with Gasteiger partial charge in [-0.2, -0.15) is 0 Å². The van der Waals surface area contributed by atoms with E-state index < -0.39 is 23.9 Å². The third kappa shape index (κ3) is 14.9. The van der Waals surface area contributed by atoms with E-state index >= 15 is 0 Å². The molecular weight excluding hydrogens is 619 g/mol. The largest absolute Gasteiger partial charge is 0.478 e. The quantitative estimate of drug-likeness (QED) is 0.267. The average molecular weight is 648 g/mol. The number of benzene rings is 2. The average Bonchev–Trinajstić information content (AvgIpc) is 2.90. The Morgan fingerprint density at radius 2 is 1.17 bits per heavy atom. The first-order chi connectivity index (χ1) is 19.2. The normalized spacial score (nSPS) is 14.5. The fourth-order valence-electron chi connectivity index (χ4n) is 3.30. The molecule has 0 spiro atoms. The van der Waals surface area contributed by atoms with Crippen LogP contribution in [0.25, 0.3) is 0 Å². The lowest BCUT2D eigenvalue weighted by Crippen LogP contribution is -2.45. The van der Waals surface area contributed by atoms with Crippen molar-refractivity contribution in [3.8, 4) is 0 Å². The molecule has 2 aromatic rings. The second kappa shape index (κ2) is 18.4. The van der Waals surface area contributed by atoms with Crippen LogP contribution in [0.5, 0.6) is 0 Å². The molecule has 0 bridgehead atoms. The maximum atomic E-state index is 9.55. The molecule has 0 aromatic heterocycles. The van der Waals surface area contributed by atoms with Gasteiger partial charge in [-0.25, -0.2) is 19.2 Å². The van der Waals surface area contributed by atoms with Crippen LogP contribution >= 0.6 is 46.6 Å². The first kappa shape index (κ1) is 36.0. The Balaban J connectivity index is 0.000000433. The van der Waals surface area contributed by atoms with Crippen molar-refractivity contribution in [1.29, 1.82) is 0 Å². The van der Waals surface area contributed by atoms with Crippen molar-refractivity contribution in [2.24, 2.45) is 0 Å². The van der Waals surface area contributed by atoms with E-state index in [2.05, 4.69) is 35.9 Å². The Morgan fingerprint density at radius 1 is 0.732 bits per heavy atom. The van der Waals surface area contributed by atoms with Gasteiger partial charge in [-0.05, 0) is 55.9 Å². The Labute approximate surface area is 256 Å². The summed E-state index contributed by atoms with van der Waals surface area (Å²) in [6, 6.07) is 11.9. The van der Waals surface area contributed by atoms with Crippen molar-refractivity contribution in [1.82, 2.24) is 9.80 Å². The van der Waals surface area contributed by atoms with Crippen LogP contribution in [-0.4, -0.2) is 87.3 Å². The van der Waals surface area contributed by atoms with Crippen LogP contribution in [-0.2, 0) is 19.2 Å². The number of likely N-dealkylation sites (N-methyl/N-ethyl adjacent to an activating group) is 1. The zero-order valence-corrected chi connectivity index (χ0v) is 25.1. The molecule has 1 atom stereocenters. The lowest BCUT2D eigenvalue weighted by atomic mass is 10.1. The van der Waals surface area contributed by atoms with Gasteiger partial charge in [0.15, 0.2) is 0 Å². The van der Waals surface area contributed by atoms with Gasteiger partial charge >= 0.3 is 23.9 Å². The fraction of sp³-hybridized carbons (Fsp3) is 0.259. The topological polar surface area (TPSA) is 156 Å². The van der Waals surface area contributed by atoms with Crippen LogP contribution in [0.3, 0.4) is 0 Å². The minimum Gasteiger partial charge on any atom is -0.478 e. The van der Waals surface area contributed by atoms with Gasteiger partial charge in [-0.1, -0.05) is 46.6 Å². The number of aliphatic carboxylic acids is 4. The Morgan fingerprint density at radius 3 is 1.63 bits per heavy atom. The molecule has 1 aliphatic rings. The highest BCUT2D eigenvalue weighted by atomic mass is 35.5. The predicted octanol–water partition coefficient (Wildman–Crippen LogP) is 5.53. The standard InChI is InChI=1S/C19H21Cl3N2S.2C4H4O4/c1-13(24-9-7-23(2)8-10-24)16-11-14(20)4-6-18(16)25-19-12-15(21)3-5-17(19)22;2*5-3(6)1-2-4(7)8/h3-6,11-13H,7-10H2,1-2H3;2*1-2H,(H,5,6)(H,7,8)/b;2*2-1+. The summed E-state index contributed by atoms with van der Waals surface area (Å²) in [5.74, 6) is -5.03. The molecule has 10 nitrogen and oxygen atoms in total. The number of hydrogen-bond acceptors (Lipinski definition) is 7. The van der Waals surface area contributed by atoms with Gasteiger partial charge in [0.1, 0.15) is 0 Å². The number of piperazine rings is 1. The van der Waals surface area contributed by atoms with E-state index in [-0.39, 0.29) is 0 Å². The minimum atomic E-state index is -1.26. The van der Waals surface area contributed by atoms with E-state index in [1.165, 1.54) is 10.5 Å². The lowest BCUT2D eigenvalue weighted by molar-refractivity contribution is -0.134. The van der Waals surface area contributed by atoms with E-state index in [9.17, 15) is 19.2 Å². The summed E-state index contributed by atoms with van der Waals surface area (Å²) in [4.78, 5) is 45.2. The molecule has 41 heavy (non-hydrogen) atoms. The minimum absolute atomic E-state index is 0.299. The summed E-state index contributed by atoms with van der Waals surface area (Å²) < 4.78 is 0. The molecule has 1 unspecified atom stereocenters. The van der Waals surface area contributed by atoms with Crippen LogP contribution in [0, 0.1) is 0 Å². The first-order valence-corrected chi connectivity index (χ1v) is 13.8. The third-order valence-electron chi connectivity index (χ3n) is 5.36. The van der Waals surface area contributed by atoms with E-state index in [0.717, 1.165) is 36.1 Å². The molecule has 0 radical (unpaired) electrons. The number of hydrogen-bond donors (Lipinski definition) is 4. The van der Waals surface area contributed by atoms with E-state index in [4.69, 9.17) is 55.2 Å². The van der Waals surface area contributed by atoms with Gasteiger partial charge in [0.25, 0.3) is 0 Å². The van der Waals surface area contributed by atoms with Crippen molar-refractivity contribution in [2.75, 3.05) is 33.2 Å². The number of carboxylic acids is 4. The SMILES string of the molecule is CC(c1cc(Cl)ccc1Sc1cc(Cl)ccc1Cl)N1CCN(C)CC1.O=C(O)/C=C/C(=O)O.O=C(O)/C=C/C(=O)O. The van der Waals surface area contributed by atoms with Crippen LogP contribution in [0.4, 0.5) is 0 Å². The van der Waals surface area contributed by atoms with Crippen LogP contribution < -0.4 is 0 Å². The molecule has 4 N–H and O–H groups in total. The summed E-state index contributed by atoms with van der Waals surface area (Å²) in [6.07, 6.45) is 2.23. The zero-order chi connectivity index (χ0) is 31.1. The molecule has 0 aliphatic carbocycles. The van der Waals surface area contributed by atoms with Crippen molar-refractivity contribution < 1.29 is 39.6 Å². The molecule has 1 fully saturated rings. The van der Waals surface area contributed by atoms with Gasteiger partial charge in [0.05, 0.1) is 5.02 Å². The van der Waals surface area contributed by atoms with Gasteiger partial charge in [0, 0.05) is 76.4 Å². The molecule has 0 amide bonds. The number of carbonyl (C=O) groups is 4. The highest BCUT2D eigenvalue weighted by Crippen LogP contribution is 2.40. The number of rotatable bonds is 8. The number of halogens is 3. The fourth-order valence-corrected chi connectivity index (χ4v) is 5.03. The van der Waals surface area contributed by atoms with Crippen molar-refractivity contribution in [3.05, 3.63) is 81.3 Å². The second-order valence-corrected chi connectivity index (χ2v) is 10.8. The summed E-state index contributed by atoms with van der Waals surface area (Å²) >= 11 is 20.4.